The SMILES string of the molecule is COC1CCC(NC(=O)NC2(C)Cc3ccccc3C2)CC1. The van der Waals surface area contributed by atoms with E-state index in [1.54, 1.807) is 7.11 Å². The molecule has 1 aromatic carbocycles. The standard InChI is InChI=1S/C18H26N2O2/c1-18(11-13-5-3-4-6-14(13)12-18)20-17(21)19-15-7-9-16(22-2)10-8-15/h3-6,15-16H,7-12H2,1-2H3,(H2,19,20,21). The first-order valence-electron chi connectivity index (χ1n) is 8.26. The second-order valence-corrected chi connectivity index (χ2v) is 6.99. The third-order valence-corrected chi connectivity index (χ3v) is 5.04. The summed E-state index contributed by atoms with van der Waals surface area (Å²) in [5, 5.41) is 6.33. The summed E-state index contributed by atoms with van der Waals surface area (Å²) in [6.45, 7) is 2.13. The van der Waals surface area contributed by atoms with Gasteiger partial charge in [0, 0.05) is 18.7 Å². The van der Waals surface area contributed by atoms with Crippen LogP contribution in [-0.2, 0) is 17.6 Å². The quantitative estimate of drug-likeness (QED) is 0.902. The van der Waals surface area contributed by atoms with Crippen LogP contribution in [0.4, 0.5) is 4.79 Å². The maximum absolute atomic E-state index is 12.3. The predicted octanol–water partition coefficient (Wildman–Crippen LogP) is 2.80. The van der Waals surface area contributed by atoms with Gasteiger partial charge in [0.2, 0.25) is 0 Å². The molecule has 2 N–H and O–H groups in total. The molecule has 0 saturated heterocycles. The van der Waals surface area contributed by atoms with E-state index in [1.165, 1.54) is 11.1 Å². The molecule has 4 nitrogen and oxygen atoms in total. The molecule has 4 heteroatoms. The van der Waals surface area contributed by atoms with Gasteiger partial charge < -0.3 is 15.4 Å². The van der Waals surface area contributed by atoms with Gasteiger partial charge in [-0.1, -0.05) is 24.3 Å². The Hall–Kier alpha value is -1.55. The number of ether oxygens (including phenoxy) is 1. The summed E-state index contributed by atoms with van der Waals surface area (Å²) in [4.78, 5) is 12.3. The largest absolute Gasteiger partial charge is 0.381 e. The highest BCUT2D eigenvalue weighted by atomic mass is 16.5. The van der Waals surface area contributed by atoms with Crippen molar-refractivity contribution in [2.75, 3.05) is 7.11 Å². The number of methoxy groups -OCH3 is 1. The highest BCUT2D eigenvalue weighted by Crippen LogP contribution is 2.29. The minimum Gasteiger partial charge on any atom is -0.381 e. The fraction of sp³-hybridized carbons (Fsp3) is 0.611. The number of nitrogens with one attached hydrogen (secondary N) is 2. The normalized spacial score (nSPS) is 26.3. The van der Waals surface area contributed by atoms with Crippen LogP contribution in [-0.4, -0.2) is 30.8 Å². The molecule has 0 atom stereocenters. The molecule has 3 rings (SSSR count). The average Bonchev–Trinajstić information content (AvgIpc) is 2.83. The van der Waals surface area contributed by atoms with E-state index >= 15 is 0 Å². The molecular weight excluding hydrogens is 276 g/mol. The summed E-state index contributed by atoms with van der Waals surface area (Å²) in [5.74, 6) is 0. The number of carbonyl (C=O) groups is 1. The molecule has 0 unspecified atom stereocenters. The molecule has 2 aliphatic carbocycles. The van der Waals surface area contributed by atoms with Gasteiger partial charge in [-0.05, 0) is 56.6 Å². The van der Waals surface area contributed by atoms with Gasteiger partial charge in [0.05, 0.1) is 6.10 Å². The van der Waals surface area contributed by atoms with Gasteiger partial charge in [0.1, 0.15) is 0 Å². The Labute approximate surface area is 132 Å². The molecule has 0 aliphatic heterocycles. The van der Waals surface area contributed by atoms with Gasteiger partial charge in [0.25, 0.3) is 0 Å². The number of amides is 2. The average molecular weight is 302 g/mol. The van der Waals surface area contributed by atoms with Crippen molar-refractivity contribution in [3.05, 3.63) is 35.4 Å². The first kappa shape index (κ1) is 15.3. The number of carbonyl (C=O) groups excluding carboxylic acids is 1. The number of urea groups is 1. The molecule has 0 bridgehead atoms. The predicted molar refractivity (Wildman–Crippen MR) is 87.0 cm³/mol. The Morgan fingerprint density at radius 2 is 1.73 bits per heavy atom. The van der Waals surface area contributed by atoms with Crippen molar-refractivity contribution in [1.29, 1.82) is 0 Å². The number of benzene rings is 1. The van der Waals surface area contributed by atoms with E-state index in [2.05, 4.69) is 41.8 Å². The van der Waals surface area contributed by atoms with Gasteiger partial charge in [-0.2, -0.15) is 0 Å². The maximum Gasteiger partial charge on any atom is 0.315 e. The zero-order valence-electron chi connectivity index (χ0n) is 13.5. The fourth-order valence-electron chi connectivity index (χ4n) is 3.83. The summed E-state index contributed by atoms with van der Waals surface area (Å²) < 4.78 is 5.38. The molecule has 0 heterocycles. The van der Waals surface area contributed by atoms with Gasteiger partial charge >= 0.3 is 6.03 Å². The lowest BCUT2D eigenvalue weighted by molar-refractivity contribution is 0.0634. The van der Waals surface area contributed by atoms with Crippen LogP contribution in [0.1, 0.15) is 43.7 Å². The van der Waals surface area contributed by atoms with Crippen molar-refractivity contribution in [2.45, 2.75) is 63.1 Å². The minimum atomic E-state index is -0.169. The molecule has 2 aliphatic rings. The number of fused-ring (bicyclic) bond motifs is 1. The van der Waals surface area contributed by atoms with Crippen LogP contribution in [0, 0.1) is 0 Å². The highest BCUT2D eigenvalue weighted by molar-refractivity contribution is 5.75. The summed E-state index contributed by atoms with van der Waals surface area (Å²) in [6.07, 6.45) is 6.25. The third-order valence-electron chi connectivity index (χ3n) is 5.04. The molecule has 1 saturated carbocycles. The summed E-state index contributed by atoms with van der Waals surface area (Å²) in [7, 11) is 1.77. The number of hydrogen-bond acceptors (Lipinski definition) is 2. The van der Waals surface area contributed by atoms with Gasteiger partial charge in [0.15, 0.2) is 0 Å². The van der Waals surface area contributed by atoms with Crippen molar-refractivity contribution < 1.29 is 9.53 Å². The van der Waals surface area contributed by atoms with E-state index in [-0.39, 0.29) is 17.6 Å². The number of rotatable bonds is 3. The summed E-state index contributed by atoms with van der Waals surface area (Å²) in [6, 6.07) is 8.70. The Morgan fingerprint density at radius 1 is 1.14 bits per heavy atom. The highest BCUT2D eigenvalue weighted by Gasteiger charge is 2.34. The zero-order chi connectivity index (χ0) is 15.6. The van der Waals surface area contributed by atoms with E-state index in [1.807, 2.05) is 0 Å². The van der Waals surface area contributed by atoms with Crippen LogP contribution in [0.2, 0.25) is 0 Å². The molecule has 1 aromatic rings. The van der Waals surface area contributed by atoms with Crippen LogP contribution in [0.15, 0.2) is 24.3 Å². The van der Waals surface area contributed by atoms with Crippen LogP contribution in [0.3, 0.4) is 0 Å². The van der Waals surface area contributed by atoms with Crippen molar-refractivity contribution in [2.24, 2.45) is 0 Å². The monoisotopic (exact) mass is 302 g/mol. The van der Waals surface area contributed by atoms with Crippen LogP contribution >= 0.6 is 0 Å². The molecule has 0 spiro atoms. The van der Waals surface area contributed by atoms with Crippen molar-refractivity contribution in [1.82, 2.24) is 10.6 Å². The molecule has 120 valence electrons. The minimum absolute atomic E-state index is 0.0313. The Morgan fingerprint density at radius 3 is 2.27 bits per heavy atom. The van der Waals surface area contributed by atoms with Gasteiger partial charge in [-0.25, -0.2) is 4.79 Å². The maximum atomic E-state index is 12.3. The van der Waals surface area contributed by atoms with Crippen molar-refractivity contribution in [3.8, 4) is 0 Å². The van der Waals surface area contributed by atoms with Gasteiger partial charge in [-0.15, -0.1) is 0 Å². The molecular formula is C18H26N2O2. The van der Waals surface area contributed by atoms with E-state index in [9.17, 15) is 4.79 Å². The Bertz CT molecular complexity index is 511. The lowest BCUT2D eigenvalue weighted by Crippen LogP contribution is -2.53. The van der Waals surface area contributed by atoms with Gasteiger partial charge in [-0.3, -0.25) is 0 Å². The molecule has 0 aromatic heterocycles. The van der Waals surface area contributed by atoms with Crippen LogP contribution < -0.4 is 10.6 Å². The molecule has 22 heavy (non-hydrogen) atoms. The van der Waals surface area contributed by atoms with E-state index < -0.39 is 0 Å². The van der Waals surface area contributed by atoms with Crippen LogP contribution in [0.5, 0.6) is 0 Å². The lowest BCUT2D eigenvalue weighted by atomic mass is 9.93. The molecule has 2 amide bonds. The fourth-order valence-corrected chi connectivity index (χ4v) is 3.83. The van der Waals surface area contributed by atoms with E-state index in [4.69, 9.17) is 4.74 Å². The first-order valence-corrected chi connectivity index (χ1v) is 8.26. The zero-order valence-corrected chi connectivity index (χ0v) is 13.5. The number of hydrogen-bond donors (Lipinski definition) is 2. The Balaban J connectivity index is 1.51. The molecule has 1 fully saturated rings. The second-order valence-electron chi connectivity index (χ2n) is 6.99. The van der Waals surface area contributed by atoms with Crippen LogP contribution in [0.25, 0.3) is 0 Å². The lowest BCUT2D eigenvalue weighted by Gasteiger charge is -2.31. The summed E-state index contributed by atoms with van der Waals surface area (Å²) >= 11 is 0. The first-order chi connectivity index (χ1) is 10.6. The van der Waals surface area contributed by atoms with E-state index in [0.29, 0.717) is 6.10 Å². The van der Waals surface area contributed by atoms with E-state index in [0.717, 1.165) is 38.5 Å². The van der Waals surface area contributed by atoms with Crippen molar-refractivity contribution in [3.63, 3.8) is 0 Å². The molecule has 0 radical (unpaired) electrons. The Kier molecular flexibility index (Phi) is 4.39. The van der Waals surface area contributed by atoms with Crippen molar-refractivity contribution >= 4 is 6.03 Å². The smallest absolute Gasteiger partial charge is 0.315 e. The summed E-state index contributed by atoms with van der Waals surface area (Å²) in [5.41, 5.74) is 2.54. The second kappa shape index (κ2) is 6.29. The topological polar surface area (TPSA) is 50.4 Å². The third kappa shape index (κ3) is 3.43.